The molecule has 11 rings (SSSR count). The molecule has 0 unspecified atom stereocenters. The first-order valence-electron chi connectivity index (χ1n) is 21.7. The summed E-state index contributed by atoms with van der Waals surface area (Å²) in [5, 5.41) is 5.01. The van der Waals surface area contributed by atoms with Gasteiger partial charge in [-0.3, -0.25) is 0 Å². The van der Waals surface area contributed by atoms with Crippen molar-refractivity contribution < 1.29 is 0 Å². The van der Waals surface area contributed by atoms with Crippen LogP contribution in [0.25, 0.3) is 88.3 Å². The van der Waals surface area contributed by atoms with E-state index in [4.69, 9.17) is 0 Å². The van der Waals surface area contributed by atoms with Crippen LogP contribution in [-0.4, -0.2) is 0 Å². The third-order valence-corrected chi connectivity index (χ3v) is 12.2. The number of nitrogens with zero attached hydrogens (tertiary/aromatic N) is 1. The van der Waals surface area contributed by atoms with Gasteiger partial charge in [-0.1, -0.05) is 212 Å². The molecule has 0 aliphatic heterocycles. The Morgan fingerprint density at radius 2 is 0.556 bits per heavy atom. The molecule has 0 radical (unpaired) electrons. The van der Waals surface area contributed by atoms with E-state index >= 15 is 0 Å². The van der Waals surface area contributed by atoms with E-state index in [9.17, 15) is 0 Å². The second-order valence-corrected chi connectivity index (χ2v) is 16.1. The Hall–Kier alpha value is -8.26. The van der Waals surface area contributed by atoms with E-state index in [0.29, 0.717) is 0 Å². The summed E-state index contributed by atoms with van der Waals surface area (Å²) in [6, 6.07) is 94.7. The number of hydrogen-bond donors (Lipinski definition) is 0. The largest absolute Gasteiger partial charge is 0.310 e. The van der Waals surface area contributed by atoms with E-state index in [-0.39, 0.29) is 0 Å². The van der Waals surface area contributed by atoms with Crippen molar-refractivity contribution in [2.45, 2.75) is 0 Å². The molecule has 1 heteroatoms. The summed E-state index contributed by atoms with van der Waals surface area (Å²) in [6.45, 7) is 0. The fourth-order valence-electron chi connectivity index (χ4n) is 9.22. The minimum absolute atomic E-state index is 1.08. The second kappa shape index (κ2) is 16.7. The molecule has 0 N–H and O–H groups in total. The predicted octanol–water partition coefficient (Wildman–Crippen LogP) is 17.5. The number of rotatable bonds is 9. The molecule has 296 valence electrons. The average molecular weight is 802 g/mol. The molecule has 0 spiro atoms. The molecule has 0 aliphatic carbocycles. The van der Waals surface area contributed by atoms with Gasteiger partial charge < -0.3 is 4.90 Å². The fraction of sp³-hybridized carbons (Fsp3) is 0. The first-order valence-corrected chi connectivity index (χ1v) is 21.7. The Balaban J connectivity index is 1.09. The SMILES string of the molecule is c1ccc(-c2cccc(N(c3ccc(-c4ccc5c(c4)c(-c4ccccc4)c(-c4ccccc4)c4ccccc45)cc3)c3cc(-c4ccccc4)cc(-c4ccccc4)c3)c2)cc1. The first-order chi connectivity index (χ1) is 31.2. The van der Waals surface area contributed by atoms with E-state index in [1.165, 1.54) is 82.7 Å². The smallest absolute Gasteiger partial charge is 0.0473 e. The van der Waals surface area contributed by atoms with Gasteiger partial charge in [0.15, 0.2) is 0 Å². The average Bonchev–Trinajstić information content (AvgIpc) is 3.37. The number of benzene rings is 11. The summed E-state index contributed by atoms with van der Waals surface area (Å²) < 4.78 is 0. The fourth-order valence-corrected chi connectivity index (χ4v) is 9.22. The minimum atomic E-state index is 1.08. The van der Waals surface area contributed by atoms with Gasteiger partial charge in [0, 0.05) is 17.1 Å². The van der Waals surface area contributed by atoms with Crippen molar-refractivity contribution in [3.05, 3.63) is 261 Å². The van der Waals surface area contributed by atoms with Crippen LogP contribution in [0.4, 0.5) is 17.1 Å². The second-order valence-electron chi connectivity index (χ2n) is 16.1. The third kappa shape index (κ3) is 7.37. The highest BCUT2D eigenvalue weighted by molar-refractivity contribution is 6.22. The zero-order chi connectivity index (χ0) is 42.0. The van der Waals surface area contributed by atoms with Crippen LogP contribution >= 0.6 is 0 Å². The molecule has 0 bridgehead atoms. The van der Waals surface area contributed by atoms with E-state index < -0.39 is 0 Å². The molecule has 0 heterocycles. The quantitative estimate of drug-likeness (QED) is 0.131. The summed E-state index contributed by atoms with van der Waals surface area (Å²) in [4.78, 5) is 2.40. The topological polar surface area (TPSA) is 3.24 Å². The van der Waals surface area contributed by atoms with Crippen LogP contribution in [0.15, 0.2) is 261 Å². The van der Waals surface area contributed by atoms with Crippen LogP contribution in [0.2, 0.25) is 0 Å². The minimum Gasteiger partial charge on any atom is -0.310 e. The highest BCUT2D eigenvalue weighted by Gasteiger charge is 2.20. The number of fused-ring (bicyclic) bond motifs is 3. The van der Waals surface area contributed by atoms with Gasteiger partial charge in [0.05, 0.1) is 0 Å². The van der Waals surface area contributed by atoms with Crippen molar-refractivity contribution in [2.24, 2.45) is 0 Å². The van der Waals surface area contributed by atoms with Crippen molar-refractivity contribution in [3.8, 4) is 66.8 Å². The zero-order valence-electron chi connectivity index (χ0n) is 34.8. The van der Waals surface area contributed by atoms with Crippen LogP contribution < -0.4 is 4.90 Å². The van der Waals surface area contributed by atoms with E-state index in [0.717, 1.165) is 22.6 Å². The summed E-state index contributed by atoms with van der Waals surface area (Å²) in [7, 11) is 0. The van der Waals surface area contributed by atoms with Gasteiger partial charge in [0.25, 0.3) is 0 Å². The Morgan fingerprint density at radius 1 is 0.175 bits per heavy atom. The molecule has 0 atom stereocenters. The van der Waals surface area contributed by atoms with Crippen molar-refractivity contribution >= 4 is 38.6 Å². The maximum Gasteiger partial charge on any atom is 0.0473 e. The van der Waals surface area contributed by atoms with E-state index in [2.05, 4.69) is 266 Å². The molecular weight excluding hydrogens is 759 g/mol. The lowest BCUT2D eigenvalue weighted by Crippen LogP contribution is -2.10. The number of anilines is 3. The molecule has 0 aliphatic rings. The van der Waals surface area contributed by atoms with Gasteiger partial charge in [-0.05, 0) is 137 Å². The monoisotopic (exact) mass is 801 g/mol. The standard InChI is InChI=1S/C62H43N/c1-6-19-44(20-7-1)50-29-18-30-55(40-50)63(56-41-52(45-21-8-2-9-22-45)39-53(42-56)46-23-10-3-11-24-46)54-36-33-47(34-37-54)51-35-38-58-57-31-16-17-32-59(57)61(48-25-12-4-13-26-48)62(60(58)43-51)49-27-14-5-15-28-49/h1-43H. The van der Waals surface area contributed by atoms with Crippen LogP contribution in [0.5, 0.6) is 0 Å². The van der Waals surface area contributed by atoms with Gasteiger partial charge in [0.2, 0.25) is 0 Å². The van der Waals surface area contributed by atoms with Crippen molar-refractivity contribution in [2.75, 3.05) is 4.90 Å². The predicted molar refractivity (Wildman–Crippen MR) is 269 cm³/mol. The van der Waals surface area contributed by atoms with Gasteiger partial charge in [0.1, 0.15) is 0 Å². The van der Waals surface area contributed by atoms with Gasteiger partial charge >= 0.3 is 0 Å². The maximum absolute atomic E-state index is 2.40. The summed E-state index contributed by atoms with van der Waals surface area (Å²) >= 11 is 0. The Bertz CT molecular complexity index is 3280. The van der Waals surface area contributed by atoms with Crippen molar-refractivity contribution in [1.29, 1.82) is 0 Å². The molecule has 11 aromatic carbocycles. The van der Waals surface area contributed by atoms with Crippen molar-refractivity contribution in [1.82, 2.24) is 0 Å². The normalized spacial score (nSPS) is 11.2. The Labute approximate surface area is 369 Å². The van der Waals surface area contributed by atoms with Crippen LogP contribution in [-0.2, 0) is 0 Å². The summed E-state index contributed by atoms with van der Waals surface area (Å²) in [5.41, 5.74) is 17.6. The Kier molecular flexibility index (Phi) is 9.97. The van der Waals surface area contributed by atoms with Crippen LogP contribution in [0.3, 0.4) is 0 Å². The molecular formula is C62H43N. The van der Waals surface area contributed by atoms with Gasteiger partial charge in [-0.25, -0.2) is 0 Å². The van der Waals surface area contributed by atoms with E-state index in [1.807, 2.05) is 0 Å². The van der Waals surface area contributed by atoms with E-state index in [1.54, 1.807) is 0 Å². The van der Waals surface area contributed by atoms with Gasteiger partial charge in [-0.15, -0.1) is 0 Å². The first kappa shape index (κ1) is 37.7. The molecule has 0 saturated carbocycles. The van der Waals surface area contributed by atoms with Crippen molar-refractivity contribution in [3.63, 3.8) is 0 Å². The lowest BCUT2D eigenvalue weighted by molar-refractivity contribution is 1.28. The highest BCUT2D eigenvalue weighted by Crippen LogP contribution is 2.46. The molecule has 0 saturated heterocycles. The Morgan fingerprint density at radius 3 is 1.11 bits per heavy atom. The molecule has 0 aromatic heterocycles. The molecule has 0 fully saturated rings. The molecule has 11 aromatic rings. The van der Waals surface area contributed by atoms with Crippen LogP contribution in [0.1, 0.15) is 0 Å². The van der Waals surface area contributed by atoms with Crippen LogP contribution in [0, 0.1) is 0 Å². The summed E-state index contributed by atoms with van der Waals surface area (Å²) in [5.74, 6) is 0. The highest BCUT2D eigenvalue weighted by atomic mass is 15.1. The molecule has 1 nitrogen and oxygen atoms in total. The van der Waals surface area contributed by atoms with Gasteiger partial charge in [-0.2, -0.15) is 0 Å². The maximum atomic E-state index is 2.40. The third-order valence-electron chi connectivity index (χ3n) is 12.2. The molecule has 63 heavy (non-hydrogen) atoms. The molecule has 0 amide bonds. The summed E-state index contributed by atoms with van der Waals surface area (Å²) in [6.07, 6.45) is 0. The number of hydrogen-bond acceptors (Lipinski definition) is 1. The lowest BCUT2D eigenvalue weighted by Gasteiger charge is -2.27. The zero-order valence-corrected chi connectivity index (χ0v) is 34.8. The lowest BCUT2D eigenvalue weighted by atomic mass is 9.84.